The first-order chi connectivity index (χ1) is 17.5. The maximum Gasteiger partial charge on any atom is 0.404 e. The number of amides is 2. The lowest BCUT2D eigenvalue weighted by molar-refractivity contribution is -0.223. The summed E-state index contributed by atoms with van der Waals surface area (Å²) in [7, 11) is 0. The molecule has 0 aliphatic heterocycles. The number of anilines is 1. The largest absolute Gasteiger partial charge is 0.508 e. The molecule has 10 nitrogen and oxygen atoms in total. The Morgan fingerprint density at radius 2 is 2.03 bits per heavy atom. The molecular formula is C27H39N3O7. The van der Waals surface area contributed by atoms with Crippen LogP contribution in [-0.2, 0) is 21.0 Å². The molecule has 2 amide bonds. The zero-order valence-electron chi connectivity index (χ0n) is 21.8. The van der Waals surface area contributed by atoms with Gasteiger partial charge >= 0.3 is 6.09 Å². The van der Waals surface area contributed by atoms with Crippen molar-refractivity contribution in [3.8, 4) is 5.75 Å². The van der Waals surface area contributed by atoms with E-state index in [9.17, 15) is 24.6 Å². The van der Waals surface area contributed by atoms with Crippen molar-refractivity contribution < 1.29 is 34.5 Å². The number of rotatable bonds is 13. The molecule has 0 aromatic heterocycles. The van der Waals surface area contributed by atoms with Crippen LogP contribution in [0.3, 0.4) is 0 Å². The summed E-state index contributed by atoms with van der Waals surface area (Å²) >= 11 is 0. The predicted octanol–water partition coefficient (Wildman–Crippen LogP) is 3.44. The van der Waals surface area contributed by atoms with Crippen LogP contribution in [0.25, 0.3) is 0 Å². The van der Waals surface area contributed by atoms with Crippen LogP contribution in [-0.4, -0.2) is 62.9 Å². The lowest BCUT2D eigenvalue weighted by Crippen LogP contribution is -2.58. The highest BCUT2D eigenvalue weighted by molar-refractivity contribution is 5.99. The molecule has 4 atom stereocenters. The summed E-state index contributed by atoms with van der Waals surface area (Å²) in [5.41, 5.74) is -0.699. The molecule has 3 unspecified atom stereocenters. The first-order valence-corrected chi connectivity index (χ1v) is 12.8. The number of nitrogens with one attached hydrogen (secondary N) is 2. The Labute approximate surface area is 217 Å². The number of unbranched alkanes of at least 4 members (excludes halogenated alkanes) is 1. The fourth-order valence-corrected chi connectivity index (χ4v) is 5.97. The Morgan fingerprint density at radius 3 is 2.68 bits per heavy atom. The fourth-order valence-electron chi connectivity index (χ4n) is 5.97. The van der Waals surface area contributed by atoms with Crippen molar-refractivity contribution in [1.29, 1.82) is 0 Å². The summed E-state index contributed by atoms with van der Waals surface area (Å²) in [4.78, 5) is 44.5. The van der Waals surface area contributed by atoms with Crippen molar-refractivity contribution >= 4 is 23.5 Å². The number of hydroxylamine groups is 2. The van der Waals surface area contributed by atoms with Gasteiger partial charge in [-0.3, -0.25) is 14.4 Å². The number of carboxylic acid groups (broad SMARTS) is 1. The van der Waals surface area contributed by atoms with E-state index in [4.69, 9.17) is 9.94 Å². The van der Waals surface area contributed by atoms with Crippen molar-refractivity contribution in [2.24, 2.45) is 17.3 Å². The lowest BCUT2D eigenvalue weighted by atomic mass is 9.83. The number of ketones is 1. The minimum absolute atomic E-state index is 0.0344. The third-order valence-corrected chi connectivity index (χ3v) is 7.95. The van der Waals surface area contributed by atoms with Gasteiger partial charge in [-0.2, -0.15) is 5.06 Å². The molecule has 0 spiro atoms. The molecule has 37 heavy (non-hydrogen) atoms. The predicted molar refractivity (Wildman–Crippen MR) is 138 cm³/mol. The highest BCUT2D eigenvalue weighted by Gasteiger charge is 2.80. The van der Waals surface area contributed by atoms with Gasteiger partial charge in [0.1, 0.15) is 17.3 Å². The number of carbonyl (C=O) groups excluding carboxylic acids is 2. The van der Waals surface area contributed by atoms with Crippen LogP contribution in [0.1, 0.15) is 58.4 Å². The normalized spacial score (nSPS) is 24.7. The summed E-state index contributed by atoms with van der Waals surface area (Å²) in [6.07, 6.45) is 3.44. The third-order valence-electron chi connectivity index (χ3n) is 7.95. The molecule has 0 saturated heterocycles. The van der Waals surface area contributed by atoms with Gasteiger partial charge in [0.2, 0.25) is 5.91 Å². The lowest BCUT2D eigenvalue weighted by Gasteiger charge is -2.40. The number of hydrogen-bond acceptors (Lipinski definition) is 7. The van der Waals surface area contributed by atoms with E-state index in [1.807, 2.05) is 20.8 Å². The molecule has 0 heterocycles. The van der Waals surface area contributed by atoms with Gasteiger partial charge in [0.15, 0.2) is 5.78 Å². The number of benzene rings is 1. The van der Waals surface area contributed by atoms with Gasteiger partial charge in [-0.25, -0.2) is 4.79 Å². The van der Waals surface area contributed by atoms with Gasteiger partial charge < -0.3 is 26.0 Å². The molecule has 0 bridgehead atoms. The first kappa shape index (κ1) is 28.6. The highest BCUT2D eigenvalue weighted by Crippen LogP contribution is 2.70. The van der Waals surface area contributed by atoms with Crippen LogP contribution in [0.4, 0.5) is 10.5 Å². The van der Waals surface area contributed by atoms with Crippen LogP contribution in [0, 0.1) is 17.3 Å². The van der Waals surface area contributed by atoms with E-state index in [0.717, 1.165) is 12.8 Å². The van der Waals surface area contributed by atoms with E-state index in [1.165, 1.54) is 18.2 Å². The number of fused-ring (bicyclic) bond motifs is 1. The minimum atomic E-state index is -1.11. The molecule has 2 aliphatic carbocycles. The quantitative estimate of drug-likeness (QED) is 0.116. The second kappa shape index (κ2) is 11.6. The number of hydrogen-bond donors (Lipinski definition) is 5. The Bertz CT molecular complexity index is 1030. The van der Waals surface area contributed by atoms with Gasteiger partial charge in [-0.05, 0) is 61.6 Å². The topological polar surface area (TPSA) is 148 Å². The van der Waals surface area contributed by atoms with E-state index >= 15 is 0 Å². The van der Waals surface area contributed by atoms with E-state index in [-0.39, 0.29) is 42.1 Å². The van der Waals surface area contributed by atoms with E-state index < -0.39 is 35.6 Å². The van der Waals surface area contributed by atoms with Crippen molar-refractivity contribution in [2.45, 2.75) is 71.1 Å². The van der Waals surface area contributed by atoms with E-state index in [1.54, 1.807) is 11.1 Å². The van der Waals surface area contributed by atoms with Gasteiger partial charge in [0.25, 0.3) is 0 Å². The second-order valence-corrected chi connectivity index (χ2v) is 10.5. The molecule has 2 saturated carbocycles. The summed E-state index contributed by atoms with van der Waals surface area (Å²) in [6.45, 7) is 9.69. The second-order valence-electron chi connectivity index (χ2n) is 10.5. The van der Waals surface area contributed by atoms with Gasteiger partial charge in [0, 0.05) is 23.7 Å². The van der Waals surface area contributed by atoms with Crippen LogP contribution < -0.4 is 10.6 Å². The molecule has 2 aliphatic rings. The maximum absolute atomic E-state index is 13.8. The van der Waals surface area contributed by atoms with Crippen LogP contribution in [0.2, 0.25) is 0 Å². The SMILES string of the molecule is C=CCON([C@H](CCCCNC(=O)O)C(=O)Nc1ccc(O)c(CO)c1)C12C(=O)C(C)CCC1C2(C)C. The molecule has 10 heteroatoms. The maximum atomic E-state index is 13.8. The summed E-state index contributed by atoms with van der Waals surface area (Å²) in [5.74, 6) is -0.545. The first-order valence-electron chi connectivity index (χ1n) is 12.8. The van der Waals surface area contributed by atoms with Gasteiger partial charge in [-0.15, -0.1) is 6.58 Å². The van der Waals surface area contributed by atoms with E-state index in [2.05, 4.69) is 17.2 Å². The minimum Gasteiger partial charge on any atom is -0.508 e. The average molecular weight is 518 g/mol. The van der Waals surface area contributed by atoms with Crippen molar-refractivity contribution in [2.75, 3.05) is 18.5 Å². The number of Topliss-reactive ketones (excluding diaryl/α,β-unsaturated/α-hetero) is 1. The van der Waals surface area contributed by atoms with Crippen LogP contribution in [0.5, 0.6) is 5.75 Å². The Kier molecular flexibility index (Phi) is 8.99. The zero-order valence-corrected chi connectivity index (χ0v) is 21.8. The third kappa shape index (κ3) is 5.51. The number of aromatic hydroxyl groups is 1. The molecule has 5 N–H and O–H groups in total. The summed E-state index contributed by atoms with van der Waals surface area (Å²) in [6, 6.07) is 3.57. The molecule has 1 aromatic carbocycles. The van der Waals surface area contributed by atoms with Gasteiger partial charge in [0.05, 0.1) is 13.2 Å². The summed E-state index contributed by atoms with van der Waals surface area (Å²) < 4.78 is 0. The highest BCUT2D eigenvalue weighted by atomic mass is 16.7. The van der Waals surface area contributed by atoms with E-state index in [0.29, 0.717) is 24.9 Å². The fraction of sp³-hybridized carbons (Fsp3) is 0.593. The standard InChI is InChI=1S/C27H39N3O7/c1-5-14-37-30(27-22(26(27,3)4)12-9-17(2)23(27)33)20(8-6-7-13-28-25(35)36)24(34)29-19-10-11-21(32)18(15-19)16-31/h5,10-11,15,17,20,22,28,31-32H,1,6-9,12-14,16H2,2-4H3,(H,29,34)(H,35,36)/t17?,20-,22?,27?/m1/s1. The molecule has 204 valence electrons. The number of aliphatic hydroxyl groups excluding tert-OH is 1. The van der Waals surface area contributed by atoms with Gasteiger partial charge in [-0.1, -0.05) is 26.8 Å². The Hall–Kier alpha value is -2.95. The van der Waals surface area contributed by atoms with Crippen molar-refractivity contribution in [1.82, 2.24) is 10.4 Å². The Morgan fingerprint density at radius 1 is 1.30 bits per heavy atom. The number of phenols is 1. The number of nitrogens with zero attached hydrogens (tertiary/aromatic N) is 1. The van der Waals surface area contributed by atoms with Crippen LogP contribution >= 0.6 is 0 Å². The molecular weight excluding hydrogens is 478 g/mol. The zero-order chi connectivity index (χ0) is 27.4. The Balaban J connectivity index is 1.94. The van der Waals surface area contributed by atoms with Crippen molar-refractivity contribution in [3.05, 3.63) is 36.4 Å². The monoisotopic (exact) mass is 517 g/mol. The van der Waals surface area contributed by atoms with Crippen molar-refractivity contribution in [3.63, 3.8) is 0 Å². The molecule has 1 aromatic rings. The molecule has 0 radical (unpaired) electrons. The summed E-state index contributed by atoms with van der Waals surface area (Å²) in [5, 5.41) is 35.0. The number of carbonyl (C=O) groups is 3. The number of aliphatic hydroxyl groups is 1. The molecule has 3 rings (SSSR count). The van der Waals surface area contributed by atoms with Crippen LogP contribution in [0.15, 0.2) is 30.9 Å². The average Bonchev–Trinajstić information content (AvgIpc) is 3.36. The molecule has 2 fully saturated rings. The smallest absolute Gasteiger partial charge is 0.404 e.